The quantitative estimate of drug-likeness (QED) is 0.899. The highest BCUT2D eigenvalue weighted by Gasteiger charge is 2.34. The van der Waals surface area contributed by atoms with Crippen LogP contribution in [-0.2, 0) is 6.42 Å². The Morgan fingerprint density at radius 1 is 1.04 bits per heavy atom. The third kappa shape index (κ3) is 2.72. The number of carbonyl (C=O) groups excluding carboxylic acids is 1. The van der Waals surface area contributed by atoms with Gasteiger partial charge in [-0.2, -0.15) is 0 Å². The van der Waals surface area contributed by atoms with Gasteiger partial charge in [-0.3, -0.25) is 0 Å². The molecule has 1 aliphatic heterocycles. The van der Waals surface area contributed by atoms with E-state index < -0.39 is 0 Å². The molecular formula is C20H22N2O. The monoisotopic (exact) mass is 306 g/mol. The lowest BCUT2D eigenvalue weighted by Gasteiger charge is -2.38. The Kier molecular flexibility index (Phi) is 3.56. The summed E-state index contributed by atoms with van der Waals surface area (Å²) in [7, 11) is 0. The number of carbonyl (C=O) groups is 1. The number of benzene rings is 2. The maximum absolute atomic E-state index is 12.8. The Hall–Kier alpha value is -2.29. The highest BCUT2D eigenvalue weighted by atomic mass is 16.2. The highest BCUT2D eigenvalue weighted by molar-refractivity contribution is 5.76. The van der Waals surface area contributed by atoms with Crippen LogP contribution in [0.5, 0.6) is 0 Å². The highest BCUT2D eigenvalue weighted by Crippen LogP contribution is 2.36. The number of nitrogens with zero attached hydrogens (tertiary/aromatic N) is 1. The standard InChI is InChI=1S/C20H22N2O/c1-14-6-2-4-8-17(14)19-18-9-5-3-7-15(18)12-13-22(19)20(23)21-16-10-11-16/h2-9,16,19H,10-13H2,1H3,(H,21,23). The molecule has 1 saturated carbocycles. The minimum Gasteiger partial charge on any atom is -0.335 e. The molecule has 2 aromatic carbocycles. The fourth-order valence-corrected chi connectivity index (χ4v) is 3.50. The molecule has 0 spiro atoms. The van der Waals surface area contributed by atoms with Crippen LogP contribution in [-0.4, -0.2) is 23.5 Å². The molecule has 1 aliphatic carbocycles. The number of hydrogen-bond donors (Lipinski definition) is 1. The Balaban J connectivity index is 1.77. The predicted octanol–water partition coefficient (Wildman–Crippen LogP) is 3.81. The lowest BCUT2D eigenvalue weighted by molar-refractivity contribution is 0.179. The van der Waals surface area contributed by atoms with Gasteiger partial charge in [0.2, 0.25) is 0 Å². The minimum absolute atomic E-state index is 0.0138. The van der Waals surface area contributed by atoms with E-state index in [1.807, 2.05) is 4.90 Å². The van der Waals surface area contributed by atoms with Crippen LogP contribution in [0.1, 0.15) is 41.1 Å². The zero-order valence-corrected chi connectivity index (χ0v) is 13.5. The molecule has 1 heterocycles. The van der Waals surface area contributed by atoms with E-state index in [1.54, 1.807) is 0 Å². The average molecular weight is 306 g/mol. The maximum atomic E-state index is 12.8. The van der Waals surface area contributed by atoms with Crippen molar-refractivity contribution in [1.29, 1.82) is 0 Å². The van der Waals surface area contributed by atoms with E-state index in [-0.39, 0.29) is 12.1 Å². The number of aryl methyl sites for hydroxylation is 1. The summed E-state index contributed by atoms with van der Waals surface area (Å²) in [6.45, 7) is 2.90. The van der Waals surface area contributed by atoms with Crippen molar-refractivity contribution in [3.05, 3.63) is 70.8 Å². The van der Waals surface area contributed by atoms with Crippen molar-refractivity contribution in [2.24, 2.45) is 0 Å². The summed E-state index contributed by atoms with van der Waals surface area (Å²) in [5.41, 5.74) is 5.08. The molecule has 2 aliphatic rings. The molecule has 118 valence electrons. The molecule has 0 radical (unpaired) electrons. The van der Waals surface area contributed by atoms with E-state index in [4.69, 9.17) is 0 Å². The summed E-state index contributed by atoms with van der Waals surface area (Å²) < 4.78 is 0. The van der Waals surface area contributed by atoms with Crippen molar-refractivity contribution in [2.75, 3.05) is 6.54 Å². The number of rotatable bonds is 2. The van der Waals surface area contributed by atoms with Crippen LogP contribution in [0.25, 0.3) is 0 Å². The van der Waals surface area contributed by atoms with Crippen molar-refractivity contribution in [2.45, 2.75) is 38.3 Å². The van der Waals surface area contributed by atoms with Gasteiger partial charge in [0.1, 0.15) is 0 Å². The number of nitrogens with one attached hydrogen (secondary N) is 1. The molecular weight excluding hydrogens is 284 g/mol. The first-order chi connectivity index (χ1) is 11.2. The number of fused-ring (bicyclic) bond motifs is 1. The molecule has 0 bridgehead atoms. The third-order valence-corrected chi connectivity index (χ3v) is 4.93. The van der Waals surface area contributed by atoms with Gasteiger partial charge < -0.3 is 10.2 Å². The molecule has 0 aromatic heterocycles. The lowest BCUT2D eigenvalue weighted by atomic mass is 9.86. The summed E-state index contributed by atoms with van der Waals surface area (Å²) in [4.78, 5) is 14.8. The summed E-state index contributed by atoms with van der Waals surface area (Å²) in [6, 6.07) is 17.4. The van der Waals surface area contributed by atoms with Crippen LogP contribution in [0.2, 0.25) is 0 Å². The van der Waals surface area contributed by atoms with Crippen LogP contribution < -0.4 is 5.32 Å². The largest absolute Gasteiger partial charge is 0.335 e. The second kappa shape index (κ2) is 5.73. The van der Waals surface area contributed by atoms with Gasteiger partial charge in [-0.25, -0.2) is 4.79 Å². The number of hydrogen-bond acceptors (Lipinski definition) is 1. The second-order valence-corrected chi connectivity index (χ2v) is 6.63. The normalized spacial score (nSPS) is 20.0. The molecule has 2 aromatic rings. The zero-order chi connectivity index (χ0) is 15.8. The van der Waals surface area contributed by atoms with Crippen molar-refractivity contribution >= 4 is 6.03 Å². The molecule has 23 heavy (non-hydrogen) atoms. The van der Waals surface area contributed by atoms with Crippen molar-refractivity contribution in [1.82, 2.24) is 10.2 Å². The van der Waals surface area contributed by atoms with E-state index in [9.17, 15) is 4.79 Å². The topological polar surface area (TPSA) is 32.3 Å². The van der Waals surface area contributed by atoms with E-state index in [2.05, 4.69) is 60.8 Å². The van der Waals surface area contributed by atoms with Crippen LogP contribution in [0.15, 0.2) is 48.5 Å². The fraction of sp³-hybridized carbons (Fsp3) is 0.350. The maximum Gasteiger partial charge on any atom is 0.318 e. The first-order valence-corrected chi connectivity index (χ1v) is 8.44. The van der Waals surface area contributed by atoms with Gasteiger partial charge >= 0.3 is 6.03 Å². The Labute approximate surface area is 137 Å². The van der Waals surface area contributed by atoms with Gasteiger partial charge in [-0.05, 0) is 48.4 Å². The second-order valence-electron chi connectivity index (χ2n) is 6.63. The molecule has 1 unspecified atom stereocenters. The predicted molar refractivity (Wildman–Crippen MR) is 91.4 cm³/mol. The van der Waals surface area contributed by atoms with Crippen LogP contribution in [0.4, 0.5) is 4.79 Å². The van der Waals surface area contributed by atoms with E-state index >= 15 is 0 Å². The zero-order valence-electron chi connectivity index (χ0n) is 13.5. The van der Waals surface area contributed by atoms with Crippen molar-refractivity contribution < 1.29 is 4.79 Å². The molecule has 0 saturated heterocycles. The van der Waals surface area contributed by atoms with Crippen LogP contribution >= 0.6 is 0 Å². The van der Waals surface area contributed by atoms with Crippen molar-refractivity contribution in [3.8, 4) is 0 Å². The number of urea groups is 1. The summed E-state index contributed by atoms with van der Waals surface area (Å²) in [5, 5.41) is 3.16. The van der Waals surface area contributed by atoms with Gasteiger partial charge in [0, 0.05) is 12.6 Å². The third-order valence-electron chi connectivity index (χ3n) is 4.93. The number of amides is 2. The first-order valence-electron chi connectivity index (χ1n) is 8.44. The van der Waals surface area contributed by atoms with Gasteiger partial charge in [0.15, 0.2) is 0 Å². The Morgan fingerprint density at radius 3 is 2.48 bits per heavy atom. The van der Waals surface area contributed by atoms with Crippen molar-refractivity contribution in [3.63, 3.8) is 0 Å². The molecule has 2 amide bonds. The molecule has 1 N–H and O–H groups in total. The molecule has 3 nitrogen and oxygen atoms in total. The average Bonchev–Trinajstić information content (AvgIpc) is 3.38. The van der Waals surface area contributed by atoms with Gasteiger partial charge in [0.25, 0.3) is 0 Å². The van der Waals surface area contributed by atoms with E-state index in [0.29, 0.717) is 6.04 Å². The Bertz CT molecular complexity index is 736. The molecule has 1 fully saturated rings. The summed E-state index contributed by atoms with van der Waals surface area (Å²) in [5.74, 6) is 0. The summed E-state index contributed by atoms with van der Waals surface area (Å²) in [6.07, 6.45) is 3.16. The van der Waals surface area contributed by atoms with E-state index in [1.165, 1.54) is 22.3 Å². The smallest absolute Gasteiger partial charge is 0.318 e. The molecule has 3 heteroatoms. The van der Waals surface area contributed by atoms with E-state index in [0.717, 1.165) is 25.8 Å². The summed E-state index contributed by atoms with van der Waals surface area (Å²) >= 11 is 0. The van der Waals surface area contributed by atoms with Crippen LogP contribution in [0.3, 0.4) is 0 Å². The molecule has 4 rings (SSSR count). The fourth-order valence-electron chi connectivity index (χ4n) is 3.50. The Morgan fingerprint density at radius 2 is 1.74 bits per heavy atom. The van der Waals surface area contributed by atoms with Crippen LogP contribution in [0, 0.1) is 6.92 Å². The lowest BCUT2D eigenvalue weighted by Crippen LogP contribution is -2.46. The van der Waals surface area contributed by atoms with Gasteiger partial charge in [-0.15, -0.1) is 0 Å². The van der Waals surface area contributed by atoms with Gasteiger partial charge in [0.05, 0.1) is 6.04 Å². The minimum atomic E-state index is 0.0138. The first kappa shape index (κ1) is 14.3. The van der Waals surface area contributed by atoms with Gasteiger partial charge in [-0.1, -0.05) is 48.5 Å². The molecule has 1 atom stereocenters. The SMILES string of the molecule is Cc1ccccc1C1c2ccccc2CCN1C(=O)NC1CC1.